The van der Waals surface area contributed by atoms with Crippen molar-refractivity contribution in [2.45, 2.75) is 45.4 Å². The third-order valence-corrected chi connectivity index (χ3v) is 2.89. The molecule has 0 saturated carbocycles. The van der Waals surface area contributed by atoms with Gasteiger partial charge >= 0.3 is 6.18 Å². The first kappa shape index (κ1) is 15.8. The van der Waals surface area contributed by atoms with E-state index in [1.165, 1.54) is 0 Å². The molecule has 2 N–H and O–H groups in total. The number of rotatable bonds is 3. The molecule has 0 radical (unpaired) electrons. The van der Waals surface area contributed by atoms with Crippen LogP contribution in [-0.4, -0.2) is 18.8 Å². The van der Waals surface area contributed by atoms with E-state index >= 15 is 0 Å². The first-order chi connectivity index (χ1) is 8.55. The van der Waals surface area contributed by atoms with Gasteiger partial charge in [0.2, 0.25) is 6.10 Å². The van der Waals surface area contributed by atoms with E-state index in [0.717, 1.165) is 5.56 Å². The number of hydrogen-bond donors (Lipinski definition) is 1. The van der Waals surface area contributed by atoms with Gasteiger partial charge in [-0.1, -0.05) is 32.9 Å². The summed E-state index contributed by atoms with van der Waals surface area (Å²) in [4.78, 5) is 0. The minimum Gasteiger partial charge on any atom is -0.479 e. The number of ether oxygens (including phenoxy) is 1. The minimum atomic E-state index is -4.45. The second-order valence-corrected chi connectivity index (χ2v) is 5.61. The third-order valence-electron chi connectivity index (χ3n) is 2.89. The molecule has 5 heteroatoms. The molecule has 1 rings (SSSR count). The van der Waals surface area contributed by atoms with Crippen molar-refractivity contribution < 1.29 is 17.9 Å². The molecule has 1 aromatic rings. The van der Waals surface area contributed by atoms with Gasteiger partial charge in [-0.3, -0.25) is 0 Å². The van der Waals surface area contributed by atoms with Crippen LogP contribution < -0.4 is 10.5 Å². The maximum absolute atomic E-state index is 12.6. The highest BCUT2D eigenvalue weighted by Gasteiger charge is 2.41. The topological polar surface area (TPSA) is 35.2 Å². The summed E-state index contributed by atoms with van der Waals surface area (Å²) in [5.74, 6) is 0.223. The zero-order valence-electron chi connectivity index (χ0n) is 11.6. The molecule has 0 aliphatic heterocycles. The highest BCUT2D eigenvalue weighted by Crippen LogP contribution is 2.30. The van der Waals surface area contributed by atoms with Crippen LogP contribution in [0, 0.1) is 6.92 Å². The van der Waals surface area contributed by atoms with Crippen LogP contribution in [0.3, 0.4) is 0 Å². The molecule has 1 atom stereocenters. The Balaban J connectivity index is 2.98. The smallest absolute Gasteiger partial charge is 0.426 e. The van der Waals surface area contributed by atoms with Gasteiger partial charge in [-0.15, -0.1) is 0 Å². The number of halogens is 3. The van der Waals surface area contributed by atoms with Crippen LogP contribution >= 0.6 is 0 Å². The maximum atomic E-state index is 12.6. The predicted molar refractivity (Wildman–Crippen MR) is 69.4 cm³/mol. The fraction of sp³-hybridized carbons (Fsp3) is 0.571. The Morgan fingerprint density at radius 2 is 1.79 bits per heavy atom. The van der Waals surface area contributed by atoms with Crippen LogP contribution in [0.5, 0.6) is 5.75 Å². The summed E-state index contributed by atoms with van der Waals surface area (Å²) in [6, 6.07) is 5.20. The molecule has 0 amide bonds. The van der Waals surface area contributed by atoms with E-state index in [1.54, 1.807) is 19.1 Å². The summed E-state index contributed by atoms with van der Waals surface area (Å²) in [7, 11) is 0. The zero-order valence-corrected chi connectivity index (χ0v) is 11.6. The molecule has 1 unspecified atom stereocenters. The summed E-state index contributed by atoms with van der Waals surface area (Å²) in [5.41, 5.74) is 6.78. The molecule has 108 valence electrons. The van der Waals surface area contributed by atoms with Crippen LogP contribution in [-0.2, 0) is 5.41 Å². The maximum Gasteiger partial charge on any atom is 0.426 e. The fourth-order valence-electron chi connectivity index (χ4n) is 1.65. The molecule has 0 aliphatic carbocycles. The number of nitrogens with two attached hydrogens (primary N) is 1. The summed E-state index contributed by atoms with van der Waals surface area (Å²) in [6.07, 6.45) is -6.42. The quantitative estimate of drug-likeness (QED) is 0.915. The standard InChI is InChI=1S/C14H20F3NO/c1-9-7-10(13(2,3)4)5-6-11(9)19-12(8-18)14(15,16)17/h5-7,12H,8,18H2,1-4H3. The van der Waals surface area contributed by atoms with Gasteiger partial charge in [0.1, 0.15) is 5.75 Å². The van der Waals surface area contributed by atoms with Crippen molar-refractivity contribution in [1.29, 1.82) is 0 Å². The van der Waals surface area contributed by atoms with Gasteiger partial charge in [0, 0.05) is 6.54 Å². The van der Waals surface area contributed by atoms with Crippen LogP contribution in [0.4, 0.5) is 13.2 Å². The van der Waals surface area contributed by atoms with Crippen molar-refractivity contribution in [1.82, 2.24) is 0 Å². The Morgan fingerprint density at radius 1 is 1.21 bits per heavy atom. The number of aryl methyl sites for hydroxylation is 1. The number of benzene rings is 1. The van der Waals surface area contributed by atoms with Gasteiger partial charge in [-0.25, -0.2) is 0 Å². The molecular formula is C14H20F3NO. The third kappa shape index (κ3) is 4.13. The van der Waals surface area contributed by atoms with Crippen LogP contribution in [0.2, 0.25) is 0 Å². The average Bonchev–Trinajstić information content (AvgIpc) is 2.24. The SMILES string of the molecule is Cc1cc(C(C)(C)C)ccc1OC(CN)C(F)(F)F. The minimum absolute atomic E-state index is 0.0550. The summed E-state index contributed by atoms with van der Waals surface area (Å²) in [5, 5.41) is 0. The Bertz CT molecular complexity index is 435. The molecule has 1 aromatic carbocycles. The van der Waals surface area contributed by atoms with Gasteiger partial charge in [-0.2, -0.15) is 13.2 Å². The van der Waals surface area contributed by atoms with E-state index in [4.69, 9.17) is 10.5 Å². The number of hydrogen-bond acceptors (Lipinski definition) is 2. The molecule has 0 fully saturated rings. The molecule has 0 spiro atoms. The van der Waals surface area contributed by atoms with Crippen LogP contribution in [0.25, 0.3) is 0 Å². The molecule has 0 aliphatic rings. The molecule has 19 heavy (non-hydrogen) atoms. The van der Waals surface area contributed by atoms with Gasteiger partial charge in [0.15, 0.2) is 0 Å². The monoisotopic (exact) mass is 275 g/mol. The van der Waals surface area contributed by atoms with E-state index in [0.29, 0.717) is 5.56 Å². The van der Waals surface area contributed by atoms with Crippen molar-refractivity contribution in [3.8, 4) is 5.75 Å². The van der Waals surface area contributed by atoms with E-state index in [9.17, 15) is 13.2 Å². The van der Waals surface area contributed by atoms with Gasteiger partial charge in [-0.05, 0) is 29.5 Å². The molecular weight excluding hydrogens is 255 g/mol. The predicted octanol–water partition coefficient (Wildman–Crippen LogP) is 3.56. The summed E-state index contributed by atoms with van der Waals surface area (Å²) < 4.78 is 42.8. The lowest BCUT2D eigenvalue weighted by molar-refractivity contribution is -0.191. The van der Waals surface area contributed by atoms with Crippen molar-refractivity contribution in [2.75, 3.05) is 6.54 Å². The highest BCUT2D eigenvalue weighted by molar-refractivity contribution is 5.39. The van der Waals surface area contributed by atoms with Crippen molar-refractivity contribution in [2.24, 2.45) is 5.73 Å². The summed E-state index contributed by atoms with van der Waals surface area (Å²) >= 11 is 0. The second-order valence-electron chi connectivity index (χ2n) is 5.61. The summed E-state index contributed by atoms with van der Waals surface area (Å²) in [6.45, 7) is 7.26. The van der Waals surface area contributed by atoms with E-state index in [-0.39, 0.29) is 11.2 Å². The van der Waals surface area contributed by atoms with Crippen molar-refractivity contribution in [3.63, 3.8) is 0 Å². The Labute approximate surface area is 111 Å². The van der Waals surface area contributed by atoms with Crippen LogP contribution in [0.15, 0.2) is 18.2 Å². The van der Waals surface area contributed by atoms with E-state index < -0.39 is 18.8 Å². The van der Waals surface area contributed by atoms with E-state index in [2.05, 4.69) is 0 Å². The lowest BCUT2D eigenvalue weighted by atomic mass is 9.86. The first-order valence-electron chi connectivity index (χ1n) is 6.10. The second kappa shape index (κ2) is 5.41. The van der Waals surface area contributed by atoms with Crippen LogP contribution in [0.1, 0.15) is 31.9 Å². The molecule has 0 heterocycles. The normalized spacial score (nSPS) is 14.3. The fourth-order valence-corrected chi connectivity index (χ4v) is 1.65. The highest BCUT2D eigenvalue weighted by atomic mass is 19.4. The van der Waals surface area contributed by atoms with Gasteiger partial charge in [0.25, 0.3) is 0 Å². The van der Waals surface area contributed by atoms with Crippen molar-refractivity contribution >= 4 is 0 Å². The molecule has 0 aromatic heterocycles. The molecule has 0 saturated heterocycles. The average molecular weight is 275 g/mol. The first-order valence-corrected chi connectivity index (χ1v) is 6.10. The van der Waals surface area contributed by atoms with Crippen molar-refractivity contribution in [3.05, 3.63) is 29.3 Å². The molecule has 0 bridgehead atoms. The number of alkyl halides is 3. The lowest BCUT2D eigenvalue weighted by Gasteiger charge is -2.24. The zero-order chi connectivity index (χ0) is 14.8. The Kier molecular flexibility index (Phi) is 4.50. The Morgan fingerprint density at radius 3 is 2.16 bits per heavy atom. The van der Waals surface area contributed by atoms with Gasteiger partial charge < -0.3 is 10.5 Å². The lowest BCUT2D eigenvalue weighted by Crippen LogP contribution is -2.40. The molecule has 2 nitrogen and oxygen atoms in total. The largest absolute Gasteiger partial charge is 0.479 e. The van der Waals surface area contributed by atoms with Gasteiger partial charge in [0.05, 0.1) is 0 Å². The van der Waals surface area contributed by atoms with E-state index in [1.807, 2.05) is 26.8 Å². The Hall–Kier alpha value is -1.23.